The number of carbonyl (C=O) groups is 1. The number of benzene rings is 1. The van der Waals surface area contributed by atoms with E-state index in [0.717, 1.165) is 25.3 Å². The van der Waals surface area contributed by atoms with Gasteiger partial charge in [-0.25, -0.2) is 4.99 Å². The fraction of sp³-hybridized carbons (Fsp3) is 0.636. The first-order valence-corrected chi connectivity index (χ1v) is 10.6. The zero-order chi connectivity index (χ0) is 21.2. The quantitative estimate of drug-likeness (QED) is 0.292. The smallest absolute Gasteiger partial charge is 0.243 e. The molecule has 1 fully saturated rings. The molecule has 30 heavy (non-hydrogen) atoms. The van der Waals surface area contributed by atoms with E-state index in [9.17, 15) is 4.79 Å². The molecule has 1 heterocycles. The second kappa shape index (κ2) is 13.7. The number of nitrogens with zero attached hydrogens (tertiary/aromatic N) is 3. The fourth-order valence-electron chi connectivity index (χ4n) is 3.33. The maximum absolute atomic E-state index is 12.0. The molecule has 1 saturated heterocycles. The van der Waals surface area contributed by atoms with Crippen molar-refractivity contribution in [3.8, 4) is 5.75 Å². The molecule has 0 spiro atoms. The highest BCUT2D eigenvalue weighted by Crippen LogP contribution is 2.27. The van der Waals surface area contributed by atoms with Gasteiger partial charge in [-0.2, -0.15) is 0 Å². The average molecular weight is 531 g/mol. The SMILES string of the molecule is CCC(C)NC(=NCC(=O)N(C)C)NCC(c1cccc(OC)c1)N1CCCC1.I. The summed E-state index contributed by atoms with van der Waals surface area (Å²) in [6, 6.07) is 8.78. The summed E-state index contributed by atoms with van der Waals surface area (Å²) < 4.78 is 5.43. The van der Waals surface area contributed by atoms with Crippen LogP contribution < -0.4 is 15.4 Å². The number of likely N-dealkylation sites (tertiary alicyclic amines) is 1. The van der Waals surface area contributed by atoms with Gasteiger partial charge in [0.15, 0.2) is 5.96 Å². The monoisotopic (exact) mass is 531 g/mol. The third-order valence-corrected chi connectivity index (χ3v) is 5.39. The molecule has 2 rings (SSSR count). The molecule has 1 aliphatic heterocycles. The highest BCUT2D eigenvalue weighted by Gasteiger charge is 2.24. The lowest BCUT2D eigenvalue weighted by Gasteiger charge is -2.29. The Kier molecular flexibility index (Phi) is 12.1. The summed E-state index contributed by atoms with van der Waals surface area (Å²) in [5.41, 5.74) is 1.23. The highest BCUT2D eigenvalue weighted by atomic mass is 127. The Balaban J connectivity index is 0.00000450. The van der Waals surface area contributed by atoms with Crippen LogP contribution in [-0.2, 0) is 4.79 Å². The van der Waals surface area contributed by atoms with Gasteiger partial charge in [0.05, 0.1) is 13.2 Å². The van der Waals surface area contributed by atoms with Crippen LogP contribution in [0.2, 0.25) is 0 Å². The molecule has 7 nitrogen and oxygen atoms in total. The zero-order valence-corrected chi connectivity index (χ0v) is 21.3. The van der Waals surface area contributed by atoms with Crippen molar-refractivity contribution in [2.75, 3.05) is 47.4 Å². The van der Waals surface area contributed by atoms with Crippen molar-refractivity contribution in [2.24, 2.45) is 4.99 Å². The zero-order valence-electron chi connectivity index (χ0n) is 19.0. The van der Waals surface area contributed by atoms with E-state index in [1.54, 1.807) is 26.1 Å². The number of ether oxygens (including phenoxy) is 1. The van der Waals surface area contributed by atoms with E-state index in [4.69, 9.17) is 4.74 Å². The number of rotatable bonds is 9. The van der Waals surface area contributed by atoms with Crippen LogP contribution in [0.25, 0.3) is 0 Å². The van der Waals surface area contributed by atoms with Crippen LogP contribution in [-0.4, -0.2) is 75.1 Å². The Bertz CT molecular complexity index is 677. The minimum Gasteiger partial charge on any atom is -0.497 e. The summed E-state index contributed by atoms with van der Waals surface area (Å²) in [5, 5.41) is 6.88. The Morgan fingerprint density at radius 3 is 2.60 bits per heavy atom. The molecular weight excluding hydrogens is 493 g/mol. The first-order valence-electron chi connectivity index (χ1n) is 10.6. The molecule has 8 heteroatoms. The number of hydrogen-bond donors (Lipinski definition) is 2. The van der Waals surface area contributed by atoms with E-state index < -0.39 is 0 Å². The maximum Gasteiger partial charge on any atom is 0.243 e. The summed E-state index contributed by atoms with van der Waals surface area (Å²) in [6.07, 6.45) is 3.43. The van der Waals surface area contributed by atoms with Crippen LogP contribution >= 0.6 is 24.0 Å². The number of amides is 1. The molecule has 2 N–H and O–H groups in total. The van der Waals surface area contributed by atoms with Crippen molar-refractivity contribution in [1.29, 1.82) is 0 Å². The van der Waals surface area contributed by atoms with E-state index >= 15 is 0 Å². The van der Waals surface area contributed by atoms with Gasteiger partial charge in [-0.05, 0) is 57.0 Å². The van der Waals surface area contributed by atoms with Gasteiger partial charge in [-0.1, -0.05) is 19.1 Å². The molecule has 170 valence electrons. The van der Waals surface area contributed by atoms with Gasteiger partial charge in [-0.3, -0.25) is 9.69 Å². The van der Waals surface area contributed by atoms with Crippen LogP contribution in [0, 0.1) is 0 Å². The van der Waals surface area contributed by atoms with Crippen molar-refractivity contribution in [3.63, 3.8) is 0 Å². The third kappa shape index (κ3) is 8.29. The highest BCUT2D eigenvalue weighted by molar-refractivity contribution is 14.0. The Morgan fingerprint density at radius 2 is 2.00 bits per heavy atom. The van der Waals surface area contributed by atoms with Gasteiger partial charge < -0.3 is 20.3 Å². The lowest BCUT2D eigenvalue weighted by atomic mass is 10.1. The Hall–Kier alpha value is -1.55. The second-order valence-electron chi connectivity index (χ2n) is 7.82. The standard InChI is InChI=1S/C22H37N5O2.HI/c1-6-17(2)25-22(24-16-21(28)26(3)4)23-15-20(27-12-7-8-13-27)18-10-9-11-19(14-18)29-5;/h9-11,14,17,20H,6-8,12-13,15-16H2,1-5H3,(H2,23,24,25);1H. The number of aliphatic imine (C=N–C) groups is 1. The number of halogens is 1. The van der Waals surface area contributed by atoms with Crippen molar-refractivity contribution in [2.45, 2.75) is 45.2 Å². The molecule has 0 saturated carbocycles. The molecule has 1 aromatic rings. The number of methoxy groups -OCH3 is 1. The molecule has 0 bridgehead atoms. The Morgan fingerprint density at radius 1 is 1.30 bits per heavy atom. The molecule has 0 aliphatic carbocycles. The predicted octanol–water partition coefficient (Wildman–Crippen LogP) is 2.87. The topological polar surface area (TPSA) is 69.2 Å². The van der Waals surface area contributed by atoms with Crippen molar-refractivity contribution in [3.05, 3.63) is 29.8 Å². The Labute approximate surface area is 198 Å². The summed E-state index contributed by atoms with van der Waals surface area (Å²) in [6.45, 7) is 7.27. The minimum absolute atomic E-state index is 0. The van der Waals surface area contributed by atoms with E-state index in [-0.39, 0.29) is 48.5 Å². The molecule has 2 atom stereocenters. The molecule has 2 unspecified atom stereocenters. The number of likely N-dealkylation sites (N-methyl/N-ethyl adjacent to an activating group) is 1. The number of guanidine groups is 1. The van der Waals surface area contributed by atoms with Gasteiger partial charge in [-0.15, -0.1) is 24.0 Å². The third-order valence-electron chi connectivity index (χ3n) is 5.39. The molecule has 1 amide bonds. The molecule has 1 aromatic carbocycles. The largest absolute Gasteiger partial charge is 0.497 e. The molecule has 0 aromatic heterocycles. The molecular formula is C22H38IN5O2. The van der Waals surface area contributed by atoms with Crippen LogP contribution in [0.1, 0.15) is 44.7 Å². The van der Waals surface area contributed by atoms with Crippen molar-refractivity contribution >= 4 is 35.8 Å². The van der Waals surface area contributed by atoms with Crippen LogP contribution in [0.5, 0.6) is 5.75 Å². The molecule has 1 aliphatic rings. The first kappa shape index (κ1) is 26.5. The van der Waals surface area contributed by atoms with E-state index in [1.165, 1.54) is 18.4 Å². The predicted molar refractivity (Wildman–Crippen MR) is 134 cm³/mol. The summed E-state index contributed by atoms with van der Waals surface area (Å²) >= 11 is 0. The summed E-state index contributed by atoms with van der Waals surface area (Å²) in [5.74, 6) is 1.54. The van der Waals surface area contributed by atoms with Gasteiger partial charge in [0, 0.05) is 26.7 Å². The number of nitrogens with one attached hydrogen (secondary N) is 2. The lowest BCUT2D eigenvalue weighted by molar-refractivity contribution is -0.127. The van der Waals surface area contributed by atoms with Crippen molar-refractivity contribution in [1.82, 2.24) is 20.4 Å². The van der Waals surface area contributed by atoms with Gasteiger partial charge in [0.25, 0.3) is 0 Å². The van der Waals surface area contributed by atoms with Crippen LogP contribution in [0.15, 0.2) is 29.3 Å². The van der Waals surface area contributed by atoms with Gasteiger partial charge >= 0.3 is 0 Å². The summed E-state index contributed by atoms with van der Waals surface area (Å²) in [7, 11) is 5.20. The van der Waals surface area contributed by atoms with Crippen LogP contribution in [0.3, 0.4) is 0 Å². The normalized spacial score (nSPS) is 16.4. The molecule has 0 radical (unpaired) electrons. The van der Waals surface area contributed by atoms with Gasteiger partial charge in [0.2, 0.25) is 5.91 Å². The second-order valence-corrected chi connectivity index (χ2v) is 7.82. The van der Waals surface area contributed by atoms with E-state index in [2.05, 4.69) is 46.5 Å². The lowest BCUT2D eigenvalue weighted by Crippen LogP contribution is -2.46. The first-order chi connectivity index (χ1) is 13.9. The van der Waals surface area contributed by atoms with E-state index in [0.29, 0.717) is 12.5 Å². The average Bonchev–Trinajstić information content (AvgIpc) is 3.26. The maximum atomic E-state index is 12.0. The summed E-state index contributed by atoms with van der Waals surface area (Å²) in [4.78, 5) is 20.6. The van der Waals surface area contributed by atoms with E-state index in [1.807, 2.05) is 12.1 Å². The number of hydrogen-bond acceptors (Lipinski definition) is 4. The number of carbonyl (C=O) groups excluding carboxylic acids is 1. The fourth-order valence-corrected chi connectivity index (χ4v) is 3.33. The van der Waals surface area contributed by atoms with Crippen molar-refractivity contribution < 1.29 is 9.53 Å². The van der Waals surface area contributed by atoms with Gasteiger partial charge in [0.1, 0.15) is 12.3 Å². The van der Waals surface area contributed by atoms with Crippen LogP contribution in [0.4, 0.5) is 0 Å². The minimum atomic E-state index is -0.0147.